The van der Waals surface area contributed by atoms with E-state index in [9.17, 15) is 9.59 Å². The van der Waals surface area contributed by atoms with Gasteiger partial charge in [0.25, 0.3) is 5.91 Å². The second kappa shape index (κ2) is 9.22. The van der Waals surface area contributed by atoms with Gasteiger partial charge in [-0.1, -0.05) is 17.7 Å². The van der Waals surface area contributed by atoms with Gasteiger partial charge in [-0.15, -0.1) is 0 Å². The van der Waals surface area contributed by atoms with Crippen molar-refractivity contribution in [1.29, 1.82) is 0 Å². The molecular formula is C26H27ClFN3O3. The average Bonchev–Trinajstić information content (AvgIpc) is 2.79. The van der Waals surface area contributed by atoms with E-state index in [0.29, 0.717) is 53.5 Å². The molecule has 0 aliphatic carbocycles. The van der Waals surface area contributed by atoms with Crippen molar-refractivity contribution in [3.63, 3.8) is 0 Å². The predicted molar refractivity (Wildman–Crippen MR) is 131 cm³/mol. The number of hydrogen-bond donors (Lipinski definition) is 0. The molecule has 2 aromatic carbocycles. The summed E-state index contributed by atoms with van der Waals surface area (Å²) in [5, 5.41) is 1.28. The van der Waals surface area contributed by atoms with E-state index in [4.69, 9.17) is 16.3 Å². The zero-order chi connectivity index (χ0) is 24.6. The van der Waals surface area contributed by atoms with E-state index in [2.05, 4.69) is 4.98 Å². The maximum Gasteiger partial charge on any atom is 0.410 e. The van der Waals surface area contributed by atoms with E-state index in [1.807, 2.05) is 20.8 Å². The number of benzene rings is 2. The first kappa shape index (κ1) is 24.0. The Hall–Kier alpha value is -3.19. The molecule has 0 spiro atoms. The summed E-state index contributed by atoms with van der Waals surface area (Å²) >= 11 is 6.29. The summed E-state index contributed by atoms with van der Waals surface area (Å²) in [6, 6.07) is 10.1. The van der Waals surface area contributed by atoms with Crippen LogP contribution in [0.25, 0.3) is 22.0 Å². The van der Waals surface area contributed by atoms with Gasteiger partial charge in [0.15, 0.2) is 0 Å². The third kappa shape index (κ3) is 4.99. The molecule has 3 aromatic rings. The van der Waals surface area contributed by atoms with Gasteiger partial charge in [0.2, 0.25) is 0 Å². The third-order valence-corrected chi connectivity index (χ3v) is 6.09. The van der Waals surface area contributed by atoms with Gasteiger partial charge in [-0.3, -0.25) is 9.78 Å². The van der Waals surface area contributed by atoms with Gasteiger partial charge < -0.3 is 14.5 Å². The summed E-state index contributed by atoms with van der Waals surface area (Å²) < 4.78 is 20.6. The van der Waals surface area contributed by atoms with Crippen LogP contribution in [-0.2, 0) is 4.74 Å². The maximum atomic E-state index is 15.2. The van der Waals surface area contributed by atoms with E-state index < -0.39 is 17.5 Å². The summed E-state index contributed by atoms with van der Waals surface area (Å²) in [5.41, 5.74) is 2.19. The first-order valence-corrected chi connectivity index (χ1v) is 11.5. The van der Waals surface area contributed by atoms with Crippen molar-refractivity contribution in [3.05, 3.63) is 64.6 Å². The van der Waals surface area contributed by atoms with E-state index in [1.165, 1.54) is 6.07 Å². The van der Waals surface area contributed by atoms with Gasteiger partial charge in [-0.25, -0.2) is 9.18 Å². The third-order valence-electron chi connectivity index (χ3n) is 5.76. The second-order valence-electron chi connectivity index (χ2n) is 9.43. The molecular weight excluding hydrogens is 457 g/mol. The van der Waals surface area contributed by atoms with Crippen LogP contribution < -0.4 is 0 Å². The van der Waals surface area contributed by atoms with Crippen LogP contribution in [0.4, 0.5) is 9.18 Å². The van der Waals surface area contributed by atoms with Crippen LogP contribution in [0.2, 0.25) is 5.02 Å². The Kier molecular flexibility index (Phi) is 6.49. The number of aromatic nitrogens is 1. The smallest absolute Gasteiger partial charge is 0.410 e. The van der Waals surface area contributed by atoms with Crippen molar-refractivity contribution in [2.45, 2.75) is 33.3 Å². The van der Waals surface area contributed by atoms with Crippen molar-refractivity contribution in [1.82, 2.24) is 14.8 Å². The van der Waals surface area contributed by atoms with Crippen LogP contribution in [-0.4, -0.2) is 58.6 Å². The first-order chi connectivity index (χ1) is 16.0. The number of piperazine rings is 1. The number of halogens is 2. The fraction of sp³-hybridized carbons (Fsp3) is 0.346. The van der Waals surface area contributed by atoms with Crippen molar-refractivity contribution >= 4 is 34.5 Å². The molecule has 0 N–H and O–H groups in total. The number of hydrogen-bond acceptors (Lipinski definition) is 4. The summed E-state index contributed by atoms with van der Waals surface area (Å²) in [6.07, 6.45) is 1.24. The van der Waals surface area contributed by atoms with Crippen LogP contribution in [0.3, 0.4) is 0 Å². The number of pyridine rings is 1. The highest BCUT2D eigenvalue weighted by molar-refractivity contribution is 6.35. The summed E-state index contributed by atoms with van der Waals surface area (Å²) in [6.45, 7) is 8.69. The highest BCUT2D eigenvalue weighted by Gasteiger charge is 2.29. The molecule has 4 rings (SSSR count). The van der Waals surface area contributed by atoms with E-state index in [1.54, 1.807) is 53.3 Å². The van der Waals surface area contributed by atoms with Crippen molar-refractivity contribution in [3.8, 4) is 11.1 Å². The molecule has 0 atom stereocenters. The van der Waals surface area contributed by atoms with Gasteiger partial charge in [0.1, 0.15) is 11.4 Å². The Morgan fingerprint density at radius 1 is 1.03 bits per heavy atom. The quantitative estimate of drug-likeness (QED) is 0.469. The largest absolute Gasteiger partial charge is 0.444 e. The molecule has 8 heteroatoms. The van der Waals surface area contributed by atoms with Crippen molar-refractivity contribution in [2.75, 3.05) is 26.2 Å². The molecule has 34 heavy (non-hydrogen) atoms. The predicted octanol–water partition coefficient (Wildman–Crippen LogP) is 5.70. The summed E-state index contributed by atoms with van der Waals surface area (Å²) in [7, 11) is 0. The van der Waals surface area contributed by atoms with Crippen molar-refractivity contribution in [2.24, 2.45) is 0 Å². The summed E-state index contributed by atoms with van der Waals surface area (Å²) in [4.78, 5) is 32.9. The number of nitrogens with zero attached hydrogens (tertiary/aromatic N) is 3. The number of carbonyl (C=O) groups excluding carboxylic acids is 2. The second-order valence-corrected chi connectivity index (χ2v) is 9.84. The normalized spacial score (nSPS) is 14.4. The van der Waals surface area contributed by atoms with Gasteiger partial charge in [0, 0.05) is 48.9 Å². The topological polar surface area (TPSA) is 62.7 Å². The molecule has 2 amide bonds. The van der Waals surface area contributed by atoms with E-state index in [0.717, 1.165) is 10.9 Å². The molecule has 178 valence electrons. The van der Waals surface area contributed by atoms with Crippen LogP contribution in [0.1, 0.15) is 36.7 Å². The van der Waals surface area contributed by atoms with Gasteiger partial charge in [-0.2, -0.15) is 0 Å². The highest BCUT2D eigenvalue weighted by atomic mass is 35.5. The first-order valence-electron chi connectivity index (χ1n) is 11.2. The lowest BCUT2D eigenvalue weighted by Gasteiger charge is -2.35. The van der Waals surface area contributed by atoms with E-state index in [-0.39, 0.29) is 5.91 Å². The van der Waals surface area contributed by atoms with Gasteiger partial charge >= 0.3 is 6.09 Å². The average molecular weight is 484 g/mol. The highest BCUT2D eigenvalue weighted by Crippen LogP contribution is 2.31. The number of amides is 2. The molecule has 6 nitrogen and oxygen atoms in total. The SMILES string of the molecule is Cc1cc(-c2ccc3nccc(Cl)c3c2)c(F)cc1C(=O)N1CCN(C(=O)OC(C)(C)C)CC1. The number of fused-ring (bicyclic) bond motifs is 1. The number of rotatable bonds is 2. The molecule has 1 fully saturated rings. The summed E-state index contributed by atoms with van der Waals surface area (Å²) in [5.74, 6) is -0.738. The Labute approximate surface area is 203 Å². The molecule has 2 heterocycles. The minimum absolute atomic E-state index is 0.252. The number of carbonyl (C=O) groups is 2. The number of aryl methyl sites for hydroxylation is 1. The Balaban J connectivity index is 1.52. The lowest BCUT2D eigenvalue weighted by atomic mass is 9.97. The zero-order valence-corrected chi connectivity index (χ0v) is 20.4. The molecule has 1 aliphatic heterocycles. The van der Waals surface area contributed by atoms with Crippen LogP contribution in [0, 0.1) is 12.7 Å². The monoisotopic (exact) mass is 483 g/mol. The lowest BCUT2D eigenvalue weighted by molar-refractivity contribution is 0.0140. The molecule has 1 aromatic heterocycles. The van der Waals surface area contributed by atoms with Crippen LogP contribution in [0.5, 0.6) is 0 Å². The minimum atomic E-state index is -0.576. The van der Waals surface area contributed by atoms with Crippen LogP contribution in [0.15, 0.2) is 42.6 Å². The minimum Gasteiger partial charge on any atom is -0.444 e. The fourth-order valence-electron chi connectivity index (χ4n) is 4.00. The molecule has 0 unspecified atom stereocenters. The molecule has 1 aliphatic rings. The molecule has 1 saturated heterocycles. The molecule has 0 bridgehead atoms. The van der Waals surface area contributed by atoms with Crippen LogP contribution >= 0.6 is 11.6 Å². The molecule has 0 saturated carbocycles. The van der Waals surface area contributed by atoms with Crippen molar-refractivity contribution < 1.29 is 18.7 Å². The Morgan fingerprint density at radius 3 is 2.38 bits per heavy atom. The maximum absolute atomic E-state index is 15.2. The fourth-order valence-corrected chi connectivity index (χ4v) is 4.21. The van der Waals surface area contributed by atoms with Gasteiger partial charge in [-0.05, 0) is 69.2 Å². The number of ether oxygens (including phenoxy) is 1. The van der Waals surface area contributed by atoms with Gasteiger partial charge in [0.05, 0.1) is 10.5 Å². The molecule has 0 radical (unpaired) electrons. The Morgan fingerprint density at radius 2 is 1.71 bits per heavy atom. The zero-order valence-electron chi connectivity index (χ0n) is 19.7. The lowest BCUT2D eigenvalue weighted by Crippen LogP contribution is -2.51. The standard InChI is InChI=1S/C26H27ClFN3O3/c1-16-13-19(17-5-6-23-20(14-17)21(27)7-8-29-23)22(28)15-18(16)24(32)30-9-11-31(12-10-30)25(33)34-26(2,3)4/h5-8,13-15H,9-12H2,1-4H3. The Bertz CT molecular complexity index is 1260. The van der Waals surface area contributed by atoms with E-state index >= 15 is 4.39 Å².